The zero-order valence-electron chi connectivity index (χ0n) is 19.3. The molecule has 2 fully saturated rings. The molecule has 2 aliphatic rings. The van der Waals surface area contributed by atoms with Gasteiger partial charge >= 0.3 is 6.03 Å². The largest absolute Gasteiger partial charge is 0.325 e. The molecule has 0 spiro atoms. The molecule has 1 aromatic carbocycles. The molecule has 176 valence electrons. The van der Waals surface area contributed by atoms with Crippen LogP contribution in [0.4, 0.5) is 4.79 Å². The SMILES string of the molecule is CC[C@@]1(C2CCN(Cc3cnc(-c4ccccc4)s3)CC2)NC(=O)N(Cc2ccccn2)C1=O. The number of aromatic nitrogens is 2. The molecule has 0 saturated carbocycles. The third-order valence-electron chi connectivity index (χ3n) is 7.04. The molecule has 8 heteroatoms. The van der Waals surface area contributed by atoms with Gasteiger partial charge < -0.3 is 5.32 Å². The Morgan fingerprint density at radius 1 is 1.03 bits per heavy atom. The molecular weight excluding hydrogens is 446 g/mol. The first-order chi connectivity index (χ1) is 16.6. The van der Waals surface area contributed by atoms with Crippen LogP contribution in [0.1, 0.15) is 36.8 Å². The molecule has 0 aliphatic carbocycles. The van der Waals surface area contributed by atoms with Gasteiger partial charge in [-0.25, -0.2) is 9.78 Å². The van der Waals surface area contributed by atoms with Crippen LogP contribution in [0.5, 0.6) is 0 Å². The van der Waals surface area contributed by atoms with E-state index in [-0.39, 0.29) is 24.4 Å². The van der Waals surface area contributed by atoms with E-state index in [9.17, 15) is 9.59 Å². The van der Waals surface area contributed by atoms with Gasteiger partial charge in [0.05, 0.1) is 12.2 Å². The van der Waals surface area contributed by atoms with Gasteiger partial charge in [-0.15, -0.1) is 11.3 Å². The minimum atomic E-state index is -0.817. The third kappa shape index (κ3) is 4.35. The highest BCUT2D eigenvalue weighted by Crippen LogP contribution is 2.37. The molecule has 0 bridgehead atoms. The highest BCUT2D eigenvalue weighted by molar-refractivity contribution is 7.15. The number of carbonyl (C=O) groups excluding carboxylic acids is 2. The minimum Gasteiger partial charge on any atom is -0.323 e. The van der Waals surface area contributed by atoms with Crippen LogP contribution < -0.4 is 5.32 Å². The lowest BCUT2D eigenvalue weighted by Gasteiger charge is -2.40. The van der Waals surface area contributed by atoms with E-state index in [1.807, 2.05) is 49.5 Å². The predicted octanol–water partition coefficient (Wildman–Crippen LogP) is 4.32. The van der Waals surface area contributed by atoms with Crippen molar-refractivity contribution < 1.29 is 9.59 Å². The first-order valence-corrected chi connectivity index (χ1v) is 12.7. The molecule has 1 N–H and O–H groups in total. The van der Waals surface area contributed by atoms with Crippen molar-refractivity contribution >= 4 is 23.3 Å². The van der Waals surface area contributed by atoms with Crippen molar-refractivity contribution in [3.8, 4) is 10.6 Å². The zero-order chi connectivity index (χ0) is 23.5. The molecule has 2 aromatic heterocycles. The molecule has 7 nitrogen and oxygen atoms in total. The lowest BCUT2D eigenvalue weighted by molar-refractivity contribution is -0.134. The van der Waals surface area contributed by atoms with Crippen molar-refractivity contribution in [2.24, 2.45) is 5.92 Å². The van der Waals surface area contributed by atoms with Crippen LogP contribution in [0, 0.1) is 5.92 Å². The van der Waals surface area contributed by atoms with Crippen molar-refractivity contribution in [1.82, 2.24) is 25.1 Å². The van der Waals surface area contributed by atoms with Crippen LogP contribution in [0.2, 0.25) is 0 Å². The quantitative estimate of drug-likeness (QED) is 0.515. The summed E-state index contributed by atoms with van der Waals surface area (Å²) < 4.78 is 0. The molecular formula is C26H29N5O2S. The van der Waals surface area contributed by atoms with Gasteiger partial charge in [0.1, 0.15) is 10.5 Å². The molecule has 0 unspecified atom stereocenters. The second kappa shape index (κ2) is 9.64. The Hall–Kier alpha value is -3.10. The smallest absolute Gasteiger partial charge is 0.323 e. The number of likely N-dealkylation sites (tertiary alicyclic amines) is 1. The maximum absolute atomic E-state index is 13.5. The van der Waals surface area contributed by atoms with Crippen LogP contribution in [0.3, 0.4) is 0 Å². The molecule has 4 heterocycles. The Balaban J connectivity index is 1.22. The molecule has 3 aromatic rings. The van der Waals surface area contributed by atoms with Crippen LogP contribution in [-0.2, 0) is 17.9 Å². The predicted molar refractivity (Wildman–Crippen MR) is 132 cm³/mol. The Bertz CT molecular complexity index is 1140. The first kappa shape index (κ1) is 22.7. The summed E-state index contributed by atoms with van der Waals surface area (Å²) in [4.78, 5) is 40.2. The number of thiazole rings is 1. The summed E-state index contributed by atoms with van der Waals surface area (Å²) in [6.45, 7) is 4.86. The van der Waals surface area contributed by atoms with E-state index in [0.717, 1.165) is 43.0 Å². The van der Waals surface area contributed by atoms with E-state index in [4.69, 9.17) is 0 Å². The van der Waals surface area contributed by atoms with Crippen molar-refractivity contribution in [1.29, 1.82) is 0 Å². The van der Waals surface area contributed by atoms with Crippen LogP contribution in [-0.4, -0.2) is 50.3 Å². The van der Waals surface area contributed by atoms with Crippen molar-refractivity contribution in [3.05, 3.63) is 71.5 Å². The fourth-order valence-corrected chi connectivity index (χ4v) is 6.11. The molecule has 34 heavy (non-hydrogen) atoms. The Labute approximate surface area is 203 Å². The number of carbonyl (C=O) groups is 2. The number of urea groups is 1. The maximum Gasteiger partial charge on any atom is 0.325 e. The van der Waals surface area contributed by atoms with E-state index >= 15 is 0 Å². The first-order valence-electron chi connectivity index (χ1n) is 11.9. The standard InChI is InChI=1S/C26H29N5O2S/c1-2-26(24(32)31(25(33)29-26)17-21-10-6-7-13-27-21)20-11-14-30(15-12-20)18-22-16-28-23(34-22)19-8-4-3-5-9-19/h3-10,13,16,20H,2,11-12,14-15,17-18H2,1H3,(H,29,33)/t26-/m0/s1. The van der Waals surface area contributed by atoms with Gasteiger partial charge in [0, 0.05) is 29.4 Å². The zero-order valence-corrected chi connectivity index (χ0v) is 20.1. The molecule has 1 atom stereocenters. The number of amides is 3. The second-order valence-corrected chi connectivity index (χ2v) is 10.1. The Morgan fingerprint density at radius 3 is 2.50 bits per heavy atom. The van der Waals surface area contributed by atoms with Crippen LogP contribution in [0.25, 0.3) is 10.6 Å². The third-order valence-corrected chi connectivity index (χ3v) is 8.08. The summed E-state index contributed by atoms with van der Waals surface area (Å²) in [5, 5.41) is 4.12. The summed E-state index contributed by atoms with van der Waals surface area (Å²) in [6, 6.07) is 15.5. The van der Waals surface area contributed by atoms with Crippen LogP contribution in [0.15, 0.2) is 60.9 Å². The monoisotopic (exact) mass is 475 g/mol. The number of imide groups is 1. The van der Waals surface area contributed by atoms with Gasteiger partial charge in [-0.1, -0.05) is 43.3 Å². The number of nitrogens with one attached hydrogen (secondary N) is 1. The number of nitrogens with zero attached hydrogens (tertiary/aromatic N) is 4. The van der Waals surface area contributed by atoms with Gasteiger partial charge in [-0.3, -0.25) is 19.6 Å². The summed E-state index contributed by atoms with van der Waals surface area (Å²) in [5.74, 6) is 0.0133. The normalized spacial score (nSPS) is 21.7. The summed E-state index contributed by atoms with van der Waals surface area (Å²) >= 11 is 1.73. The van der Waals surface area contributed by atoms with Crippen molar-refractivity contribution in [3.63, 3.8) is 0 Å². The molecule has 0 radical (unpaired) electrons. The Morgan fingerprint density at radius 2 is 1.79 bits per heavy atom. The van der Waals surface area contributed by atoms with Gasteiger partial charge in [0.15, 0.2) is 0 Å². The summed E-state index contributed by atoms with van der Waals surface area (Å²) in [5.41, 5.74) is 1.04. The van der Waals surface area contributed by atoms with Crippen molar-refractivity contribution in [2.75, 3.05) is 13.1 Å². The molecule has 3 amide bonds. The number of rotatable bonds is 7. The van der Waals surface area contributed by atoms with Gasteiger partial charge in [-0.2, -0.15) is 0 Å². The van der Waals surface area contributed by atoms with Gasteiger partial charge in [0.25, 0.3) is 5.91 Å². The number of pyridine rings is 1. The Kier molecular flexibility index (Phi) is 6.43. The average molecular weight is 476 g/mol. The minimum absolute atomic E-state index is 0.112. The number of hydrogen-bond donors (Lipinski definition) is 1. The molecule has 5 rings (SSSR count). The summed E-state index contributed by atoms with van der Waals surface area (Å²) in [6.07, 6.45) is 6.00. The summed E-state index contributed by atoms with van der Waals surface area (Å²) in [7, 11) is 0. The topological polar surface area (TPSA) is 78.4 Å². The fourth-order valence-electron chi connectivity index (χ4n) is 5.15. The average Bonchev–Trinajstić information content (AvgIpc) is 3.44. The van der Waals surface area contributed by atoms with Crippen LogP contribution >= 0.6 is 11.3 Å². The highest BCUT2D eigenvalue weighted by Gasteiger charge is 2.54. The maximum atomic E-state index is 13.5. The van der Waals surface area contributed by atoms with Gasteiger partial charge in [0.2, 0.25) is 0 Å². The van der Waals surface area contributed by atoms with E-state index in [1.165, 1.54) is 9.78 Å². The van der Waals surface area contributed by atoms with E-state index < -0.39 is 5.54 Å². The lowest BCUT2D eigenvalue weighted by atomic mass is 9.75. The number of piperidine rings is 1. The lowest BCUT2D eigenvalue weighted by Crippen LogP contribution is -2.55. The van der Waals surface area contributed by atoms with E-state index in [0.29, 0.717) is 12.1 Å². The highest BCUT2D eigenvalue weighted by atomic mass is 32.1. The number of benzene rings is 1. The molecule has 2 saturated heterocycles. The number of hydrogen-bond acceptors (Lipinski definition) is 6. The fraction of sp³-hybridized carbons (Fsp3) is 0.385. The van der Waals surface area contributed by atoms with Crippen molar-refractivity contribution in [2.45, 2.75) is 44.8 Å². The molecule has 2 aliphatic heterocycles. The van der Waals surface area contributed by atoms with Gasteiger partial charge in [-0.05, 0) is 50.4 Å². The van der Waals surface area contributed by atoms with E-state index in [2.05, 4.69) is 32.3 Å². The van der Waals surface area contributed by atoms with E-state index in [1.54, 1.807) is 17.5 Å². The second-order valence-electron chi connectivity index (χ2n) is 9.02.